The summed E-state index contributed by atoms with van der Waals surface area (Å²) in [6.45, 7) is 6.02. The average Bonchev–Trinajstić information content (AvgIpc) is 3.87. The average molecular weight is 763 g/mol. The zero-order valence-corrected chi connectivity index (χ0v) is 31.9. The molecule has 3 aliphatic rings. The number of sulfonamides is 1. The maximum absolute atomic E-state index is 13.4. The molecule has 1 saturated heterocycles. The molecular formula is C38H46N6O7S2. The van der Waals surface area contributed by atoms with Gasteiger partial charge in [-0.25, -0.2) is 18.4 Å². The third kappa shape index (κ3) is 7.96. The number of para-hydroxylation sites is 1. The molecule has 3 aromatic heterocycles. The van der Waals surface area contributed by atoms with Crippen LogP contribution in [0.2, 0.25) is 0 Å². The Hall–Kier alpha value is -4.37. The van der Waals surface area contributed by atoms with Gasteiger partial charge in [-0.05, 0) is 69.4 Å². The predicted molar refractivity (Wildman–Crippen MR) is 201 cm³/mol. The van der Waals surface area contributed by atoms with E-state index >= 15 is 0 Å². The van der Waals surface area contributed by atoms with E-state index in [0.717, 1.165) is 36.8 Å². The first-order valence-corrected chi connectivity index (χ1v) is 20.8. The van der Waals surface area contributed by atoms with Crippen LogP contribution in [0.5, 0.6) is 5.88 Å². The Morgan fingerprint density at radius 1 is 1.11 bits per heavy atom. The normalized spacial score (nSPS) is 22.2. The van der Waals surface area contributed by atoms with Gasteiger partial charge in [-0.1, -0.05) is 51.0 Å². The number of carbonyl (C=O) groups is 3. The van der Waals surface area contributed by atoms with Crippen LogP contribution in [0.3, 0.4) is 0 Å². The zero-order chi connectivity index (χ0) is 37.5. The van der Waals surface area contributed by atoms with Crippen molar-refractivity contribution in [1.29, 1.82) is 0 Å². The Kier molecular flexibility index (Phi) is 10.3. The molecule has 15 heteroatoms. The summed E-state index contributed by atoms with van der Waals surface area (Å²) >= 11 is 1.46. The maximum Gasteiger partial charge on any atom is 0.262 e. The number of furan rings is 1. The van der Waals surface area contributed by atoms with E-state index in [9.17, 15) is 22.8 Å². The van der Waals surface area contributed by atoms with Crippen molar-refractivity contribution < 1.29 is 32.0 Å². The Balaban J connectivity index is 0.905. The Morgan fingerprint density at radius 3 is 2.62 bits per heavy atom. The summed E-state index contributed by atoms with van der Waals surface area (Å²) in [7, 11) is -3.60. The molecule has 1 aliphatic heterocycles. The largest absolute Gasteiger partial charge is 0.470 e. The first kappa shape index (κ1) is 37.0. The van der Waals surface area contributed by atoms with Crippen molar-refractivity contribution in [2.45, 2.75) is 108 Å². The van der Waals surface area contributed by atoms with Crippen LogP contribution >= 0.6 is 11.3 Å². The van der Waals surface area contributed by atoms with E-state index in [0.29, 0.717) is 59.6 Å². The van der Waals surface area contributed by atoms with Crippen LogP contribution in [0.1, 0.15) is 96.6 Å². The zero-order valence-electron chi connectivity index (χ0n) is 30.2. The second-order valence-electron chi connectivity index (χ2n) is 15.1. The number of hydrogen-bond donors (Lipinski definition) is 2. The molecule has 282 valence electrons. The molecule has 0 bridgehead atoms. The van der Waals surface area contributed by atoms with Gasteiger partial charge in [0.15, 0.2) is 10.8 Å². The summed E-state index contributed by atoms with van der Waals surface area (Å²) < 4.78 is 38.7. The molecular weight excluding hydrogens is 717 g/mol. The minimum Gasteiger partial charge on any atom is -0.470 e. The number of carbonyl (C=O) groups excluding carboxylic acids is 3. The highest BCUT2D eigenvalue weighted by Gasteiger charge is 2.52. The molecule has 7 rings (SSSR count). The van der Waals surface area contributed by atoms with E-state index in [1.165, 1.54) is 16.2 Å². The highest BCUT2D eigenvalue weighted by atomic mass is 32.2. The van der Waals surface area contributed by atoms with E-state index in [1.54, 1.807) is 6.92 Å². The number of nitrogens with one attached hydrogen (secondary N) is 1. The molecule has 4 aromatic rings. The Labute approximate surface area is 312 Å². The van der Waals surface area contributed by atoms with E-state index in [2.05, 4.69) is 24.6 Å². The molecule has 2 aliphatic carbocycles. The molecule has 0 spiro atoms. The van der Waals surface area contributed by atoms with Crippen LogP contribution in [0.4, 0.5) is 0 Å². The topological polar surface area (TPSA) is 188 Å². The van der Waals surface area contributed by atoms with Gasteiger partial charge in [0.05, 0.1) is 17.0 Å². The number of amides is 3. The lowest BCUT2D eigenvalue weighted by Crippen LogP contribution is -2.43. The molecule has 4 atom stereocenters. The highest BCUT2D eigenvalue weighted by molar-refractivity contribution is 7.91. The number of aromatic nitrogens is 3. The van der Waals surface area contributed by atoms with Crippen molar-refractivity contribution in [2.24, 2.45) is 17.6 Å². The number of rotatable bonds is 16. The number of likely N-dealkylation sites (tertiary alicyclic amines) is 1. The molecule has 4 heterocycles. The summed E-state index contributed by atoms with van der Waals surface area (Å²) in [5.74, 6) is -0.415. The van der Waals surface area contributed by atoms with Crippen LogP contribution < -0.4 is 15.2 Å². The number of ether oxygens (including phenoxy) is 1. The molecule has 53 heavy (non-hydrogen) atoms. The van der Waals surface area contributed by atoms with Gasteiger partial charge < -0.3 is 19.8 Å². The number of unbranched alkanes of at least 4 members (excludes halogenated alkanes) is 4. The van der Waals surface area contributed by atoms with Gasteiger partial charge in [0, 0.05) is 29.5 Å². The first-order valence-electron chi connectivity index (χ1n) is 18.5. The third-order valence-corrected chi connectivity index (χ3v) is 13.6. The minimum atomic E-state index is -3.60. The van der Waals surface area contributed by atoms with Gasteiger partial charge in [-0.15, -0.1) is 11.3 Å². The Morgan fingerprint density at radius 2 is 1.89 bits per heavy atom. The highest BCUT2D eigenvalue weighted by Crippen LogP contribution is 2.44. The molecule has 0 unspecified atom stereocenters. The second kappa shape index (κ2) is 14.8. The summed E-state index contributed by atoms with van der Waals surface area (Å²) in [5, 5.41) is 3.48. The summed E-state index contributed by atoms with van der Waals surface area (Å²) in [4.78, 5) is 54.1. The van der Waals surface area contributed by atoms with Crippen LogP contribution in [-0.4, -0.2) is 69.4 Å². The summed E-state index contributed by atoms with van der Waals surface area (Å²) in [5.41, 5.74) is 8.36. The van der Waals surface area contributed by atoms with Crippen molar-refractivity contribution in [3.8, 4) is 16.7 Å². The van der Waals surface area contributed by atoms with Crippen molar-refractivity contribution in [1.82, 2.24) is 24.6 Å². The van der Waals surface area contributed by atoms with Crippen molar-refractivity contribution in [3.05, 3.63) is 47.5 Å². The van der Waals surface area contributed by atoms with Crippen LogP contribution in [-0.2, 0) is 24.4 Å². The number of nitrogens with two attached hydrogens (primary N) is 1. The Bertz CT molecular complexity index is 2170. The van der Waals surface area contributed by atoms with E-state index < -0.39 is 38.7 Å². The van der Waals surface area contributed by atoms with Crippen LogP contribution in [0, 0.1) is 11.8 Å². The molecule has 1 aromatic carbocycles. The number of benzene rings is 1. The fraction of sp³-hybridized carbons (Fsp3) is 0.526. The van der Waals surface area contributed by atoms with E-state index in [4.69, 9.17) is 29.8 Å². The quantitative estimate of drug-likeness (QED) is 0.101. The summed E-state index contributed by atoms with van der Waals surface area (Å²) in [6, 6.07) is 6.79. The summed E-state index contributed by atoms with van der Waals surface area (Å²) in [6.07, 6.45) is 10.1. The second-order valence-corrected chi connectivity index (χ2v) is 18.2. The fourth-order valence-corrected chi connectivity index (χ4v) is 9.01. The molecule has 2 saturated carbocycles. The van der Waals surface area contributed by atoms with Crippen molar-refractivity contribution in [2.75, 3.05) is 6.54 Å². The molecule has 0 radical (unpaired) electrons. The SMILES string of the molecule is CC(C)c1csc(-c2nc(O[C@@H]3C[C@@H](C(N)=O)N(C(=O)CCCCCC/C=C\[C@@H]4C[C@@H]4C(=O)NS(=O)(=O)C4(C)CC4)C3)c3oc4ccccc4c3n2)n1. The monoisotopic (exact) mass is 762 g/mol. The van der Waals surface area contributed by atoms with Gasteiger partial charge in [-0.2, -0.15) is 4.98 Å². The van der Waals surface area contributed by atoms with Crippen molar-refractivity contribution >= 4 is 61.2 Å². The van der Waals surface area contributed by atoms with E-state index in [1.807, 2.05) is 35.7 Å². The number of nitrogens with zero attached hydrogens (tertiary/aromatic N) is 4. The molecule has 13 nitrogen and oxygen atoms in total. The van der Waals surface area contributed by atoms with Gasteiger partial charge in [-0.3, -0.25) is 19.1 Å². The van der Waals surface area contributed by atoms with Crippen molar-refractivity contribution in [3.63, 3.8) is 0 Å². The van der Waals surface area contributed by atoms with Gasteiger partial charge >= 0.3 is 0 Å². The van der Waals surface area contributed by atoms with Gasteiger partial charge in [0.25, 0.3) is 5.88 Å². The fourth-order valence-electron chi connectivity index (χ4n) is 6.79. The minimum absolute atomic E-state index is 0.0818. The lowest BCUT2D eigenvalue weighted by atomic mass is 10.1. The number of fused-ring (bicyclic) bond motifs is 3. The number of hydrogen-bond acceptors (Lipinski definition) is 11. The number of allylic oxidation sites excluding steroid dienone is 2. The van der Waals surface area contributed by atoms with Crippen LogP contribution in [0.25, 0.3) is 32.9 Å². The molecule has 3 fully saturated rings. The van der Waals surface area contributed by atoms with E-state index in [-0.39, 0.29) is 42.5 Å². The van der Waals surface area contributed by atoms with Gasteiger partial charge in [0.1, 0.15) is 23.2 Å². The maximum atomic E-state index is 13.4. The third-order valence-electron chi connectivity index (χ3n) is 10.6. The molecule has 3 N–H and O–H groups in total. The van der Waals surface area contributed by atoms with Crippen LogP contribution in [0.15, 0.2) is 46.2 Å². The number of thiazole rings is 1. The standard InChI is InChI=1S/C38H46N6O7S2/c1-22(2)27-21-52-37(40-27)34-41-31-25-13-10-11-14-29(25)51-32(31)36(42-34)50-24-19-28(33(39)46)44(20-24)30(45)15-9-7-5-4-6-8-12-23-18-26(23)35(47)43-53(48,49)38(3)16-17-38/h8,10-14,21-24,26,28H,4-7,9,15-20H2,1-3H3,(H2,39,46)(H,43,47)/b12-8-/t23-,24-,26+,28+/m1/s1. The number of primary amides is 1. The lowest BCUT2D eigenvalue weighted by Gasteiger charge is -2.21. The predicted octanol–water partition coefficient (Wildman–Crippen LogP) is 5.99. The molecule has 3 amide bonds. The lowest BCUT2D eigenvalue weighted by molar-refractivity contribution is -0.137. The smallest absolute Gasteiger partial charge is 0.262 e. The first-order chi connectivity index (χ1) is 25.3. The van der Waals surface area contributed by atoms with Gasteiger partial charge in [0.2, 0.25) is 33.3 Å².